The molecule has 0 aliphatic carbocycles. The van der Waals surface area contributed by atoms with Crippen molar-refractivity contribution in [3.63, 3.8) is 0 Å². The maximum atomic E-state index is 3.73. The number of para-hydroxylation sites is 1. The molecular formula is C10H10BrNS. The van der Waals surface area contributed by atoms with E-state index in [0.29, 0.717) is 0 Å². The molecule has 0 amide bonds. The third kappa shape index (κ3) is 1.98. The Morgan fingerprint density at radius 2 is 2.15 bits per heavy atom. The van der Waals surface area contributed by atoms with Gasteiger partial charge in [0.05, 0.1) is 0 Å². The first-order valence-corrected chi connectivity index (χ1v) is 4.76. The molecule has 13 heavy (non-hydrogen) atoms. The van der Waals surface area contributed by atoms with Crippen LogP contribution < -0.4 is 21.5 Å². The lowest BCUT2D eigenvalue weighted by Gasteiger charge is -1.86. The number of halogens is 1. The molecule has 0 fully saturated rings. The zero-order valence-corrected chi connectivity index (χ0v) is 9.51. The maximum Gasteiger partial charge on any atom is 0.226 e. The molecule has 0 bridgehead atoms. The minimum Gasteiger partial charge on any atom is -1.00 e. The number of hydrogen-bond donors (Lipinski definition) is 0. The van der Waals surface area contributed by atoms with E-state index in [1.165, 1.54) is 10.2 Å². The molecule has 0 radical (unpaired) electrons. The van der Waals surface area contributed by atoms with Gasteiger partial charge in [-0.2, -0.15) is 4.57 Å². The fourth-order valence-corrected chi connectivity index (χ4v) is 2.16. The molecule has 1 aromatic carbocycles. The van der Waals surface area contributed by atoms with Crippen LogP contribution in [0, 0.1) is 0 Å². The normalized spacial score (nSPS) is 9.54. The second-order valence-electron chi connectivity index (χ2n) is 2.63. The predicted molar refractivity (Wildman–Crippen MR) is 52.2 cm³/mol. The summed E-state index contributed by atoms with van der Waals surface area (Å²) >= 11 is 1.77. The molecule has 1 aromatic heterocycles. The average molecular weight is 256 g/mol. The summed E-state index contributed by atoms with van der Waals surface area (Å²) in [7, 11) is 0. The Morgan fingerprint density at radius 3 is 2.92 bits per heavy atom. The first kappa shape index (κ1) is 10.4. The van der Waals surface area contributed by atoms with Crippen LogP contribution in [0.5, 0.6) is 0 Å². The van der Waals surface area contributed by atoms with Crippen molar-refractivity contribution < 1.29 is 21.5 Å². The first-order chi connectivity index (χ1) is 5.92. The van der Waals surface area contributed by atoms with Crippen LogP contribution in [0.2, 0.25) is 0 Å². The molecule has 1 nitrogen and oxygen atoms in total. The van der Waals surface area contributed by atoms with Gasteiger partial charge >= 0.3 is 0 Å². The van der Waals surface area contributed by atoms with Crippen molar-refractivity contribution in [1.82, 2.24) is 0 Å². The molecule has 0 saturated carbocycles. The second-order valence-corrected chi connectivity index (χ2v) is 3.52. The Labute approximate surface area is 92.1 Å². The van der Waals surface area contributed by atoms with E-state index in [2.05, 4.69) is 40.9 Å². The minimum atomic E-state index is 0. The summed E-state index contributed by atoms with van der Waals surface area (Å²) in [6.45, 7) is 4.62. The third-order valence-corrected chi connectivity index (χ3v) is 2.77. The highest BCUT2D eigenvalue weighted by molar-refractivity contribution is 7.16. The molecule has 2 rings (SSSR count). The van der Waals surface area contributed by atoms with Crippen LogP contribution in [0.3, 0.4) is 0 Å². The maximum absolute atomic E-state index is 3.73. The summed E-state index contributed by atoms with van der Waals surface area (Å²) in [5, 5.41) is 0. The van der Waals surface area contributed by atoms with E-state index in [0.717, 1.165) is 6.54 Å². The van der Waals surface area contributed by atoms with E-state index in [4.69, 9.17) is 0 Å². The van der Waals surface area contributed by atoms with Gasteiger partial charge in [-0.1, -0.05) is 30.0 Å². The molecule has 2 aromatic rings. The van der Waals surface area contributed by atoms with Gasteiger partial charge in [-0.05, 0) is 12.1 Å². The van der Waals surface area contributed by atoms with Gasteiger partial charge in [-0.3, -0.25) is 0 Å². The van der Waals surface area contributed by atoms with Crippen LogP contribution >= 0.6 is 11.3 Å². The number of aromatic nitrogens is 1. The molecule has 0 atom stereocenters. The Hall–Kier alpha value is -0.670. The average Bonchev–Trinajstić information content (AvgIpc) is 2.50. The van der Waals surface area contributed by atoms with E-state index in [1.54, 1.807) is 11.3 Å². The Bertz CT molecular complexity index is 408. The quantitative estimate of drug-likeness (QED) is 0.498. The predicted octanol–water partition coefficient (Wildman–Crippen LogP) is -0.621. The van der Waals surface area contributed by atoms with Crippen LogP contribution in [0.4, 0.5) is 0 Å². The van der Waals surface area contributed by atoms with Gasteiger partial charge in [0.2, 0.25) is 11.0 Å². The van der Waals surface area contributed by atoms with E-state index >= 15 is 0 Å². The van der Waals surface area contributed by atoms with Crippen molar-refractivity contribution in [2.45, 2.75) is 6.54 Å². The van der Waals surface area contributed by atoms with E-state index in [9.17, 15) is 0 Å². The largest absolute Gasteiger partial charge is 1.00 e. The highest BCUT2D eigenvalue weighted by atomic mass is 79.9. The fourth-order valence-electron chi connectivity index (χ4n) is 1.25. The van der Waals surface area contributed by atoms with Crippen molar-refractivity contribution in [2.24, 2.45) is 0 Å². The molecule has 0 aliphatic heterocycles. The number of rotatable bonds is 2. The Balaban J connectivity index is 0.000000845. The van der Waals surface area contributed by atoms with Crippen LogP contribution in [0.1, 0.15) is 0 Å². The SMILES string of the molecule is C=CC[n+]1csc2ccccc21.[Br-]. The van der Waals surface area contributed by atoms with Crippen LogP contribution in [-0.4, -0.2) is 0 Å². The number of nitrogens with zero attached hydrogens (tertiary/aromatic N) is 1. The standard InChI is InChI=1S/C10H10NS.BrH/c1-2-7-11-8-12-10-6-4-3-5-9(10)11;/h2-6,8H,1,7H2;1H/q+1;/p-1. The third-order valence-electron chi connectivity index (χ3n) is 1.81. The summed E-state index contributed by atoms with van der Waals surface area (Å²) in [4.78, 5) is 0. The molecule has 0 unspecified atom stereocenters. The van der Waals surface area contributed by atoms with Gasteiger partial charge in [0.25, 0.3) is 0 Å². The summed E-state index contributed by atoms with van der Waals surface area (Å²) in [6.07, 6.45) is 1.92. The topological polar surface area (TPSA) is 3.88 Å². The van der Waals surface area contributed by atoms with Crippen LogP contribution in [-0.2, 0) is 6.54 Å². The molecule has 0 aliphatic rings. The van der Waals surface area contributed by atoms with Gasteiger partial charge in [-0.15, -0.1) is 0 Å². The molecule has 3 heteroatoms. The first-order valence-electron chi connectivity index (χ1n) is 3.88. The number of fused-ring (bicyclic) bond motifs is 1. The minimum absolute atomic E-state index is 0. The lowest BCUT2D eigenvalue weighted by atomic mass is 10.3. The van der Waals surface area contributed by atoms with Crippen LogP contribution in [0.15, 0.2) is 42.4 Å². The zero-order chi connectivity index (χ0) is 8.39. The summed E-state index contributed by atoms with van der Waals surface area (Å²) in [5.74, 6) is 0. The van der Waals surface area contributed by atoms with Crippen molar-refractivity contribution in [1.29, 1.82) is 0 Å². The van der Waals surface area contributed by atoms with E-state index in [1.807, 2.05) is 6.08 Å². The van der Waals surface area contributed by atoms with Crippen molar-refractivity contribution in [2.75, 3.05) is 0 Å². The lowest BCUT2D eigenvalue weighted by molar-refractivity contribution is -0.656. The van der Waals surface area contributed by atoms with Crippen molar-refractivity contribution in [3.05, 3.63) is 42.4 Å². The van der Waals surface area contributed by atoms with E-state index in [-0.39, 0.29) is 17.0 Å². The molecular weight excluding hydrogens is 246 g/mol. The van der Waals surface area contributed by atoms with Gasteiger partial charge in [0.1, 0.15) is 4.70 Å². The van der Waals surface area contributed by atoms with Crippen molar-refractivity contribution in [3.8, 4) is 0 Å². The highest BCUT2D eigenvalue weighted by Crippen LogP contribution is 2.14. The zero-order valence-electron chi connectivity index (χ0n) is 7.11. The fraction of sp³-hybridized carbons (Fsp3) is 0.100. The summed E-state index contributed by atoms with van der Waals surface area (Å²) in [5.41, 5.74) is 3.43. The van der Waals surface area contributed by atoms with E-state index < -0.39 is 0 Å². The highest BCUT2D eigenvalue weighted by Gasteiger charge is 2.07. The summed E-state index contributed by atoms with van der Waals surface area (Å²) in [6, 6.07) is 8.40. The molecule has 0 spiro atoms. The molecule has 0 saturated heterocycles. The monoisotopic (exact) mass is 255 g/mol. The van der Waals surface area contributed by atoms with Gasteiger partial charge in [0.15, 0.2) is 6.54 Å². The van der Waals surface area contributed by atoms with Crippen LogP contribution in [0.25, 0.3) is 10.2 Å². The van der Waals surface area contributed by atoms with Crippen molar-refractivity contribution >= 4 is 21.6 Å². The van der Waals surface area contributed by atoms with Gasteiger partial charge < -0.3 is 17.0 Å². The van der Waals surface area contributed by atoms with Gasteiger partial charge in [0, 0.05) is 6.07 Å². The molecule has 0 N–H and O–H groups in total. The molecule has 68 valence electrons. The number of allylic oxidation sites excluding steroid dienone is 1. The second kappa shape index (κ2) is 4.53. The number of benzene rings is 1. The lowest BCUT2D eigenvalue weighted by Crippen LogP contribution is -3.00. The molecule has 1 heterocycles. The van der Waals surface area contributed by atoms with Gasteiger partial charge in [-0.25, -0.2) is 0 Å². The smallest absolute Gasteiger partial charge is 0.226 e. The number of thiazole rings is 1. The Morgan fingerprint density at radius 1 is 1.38 bits per heavy atom. The number of hydrogen-bond acceptors (Lipinski definition) is 1. The Kier molecular flexibility index (Phi) is 3.63. The summed E-state index contributed by atoms with van der Waals surface area (Å²) < 4.78 is 3.53.